The number of hydrogen-bond donors (Lipinski definition) is 2. The molecular weight excluding hydrogens is 320 g/mol. The Hall–Kier alpha value is -1.95. The van der Waals surface area contributed by atoms with Gasteiger partial charge in [-0.25, -0.2) is 0 Å². The van der Waals surface area contributed by atoms with Gasteiger partial charge in [-0.15, -0.1) is 0 Å². The molecule has 0 bridgehead atoms. The highest BCUT2D eigenvalue weighted by molar-refractivity contribution is 7.71. The number of aromatic amines is 1. The molecule has 2 aliphatic carbocycles. The number of hydrogen-bond acceptors (Lipinski definition) is 3. The monoisotopic (exact) mass is 342 g/mol. The highest BCUT2D eigenvalue weighted by atomic mass is 32.1. The minimum absolute atomic E-state index is 0.00721. The quantitative estimate of drug-likeness (QED) is 0.792. The highest BCUT2D eigenvalue weighted by Crippen LogP contribution is 2.60. The summed E-state index contributed by atoms with van der Waals surface area (Å²) in [5, 5.41) is 10.2. The van der Waals surface area contributed by atoms with Crippen LogP contribution in [-0.2, 0) is 11.3 Å². The predicted octanol–water partition coefficient (Wildman–Crippen LogP) is 3.22. The molecule has 24 heavy (non-hydrogen) atoms. The minimum Gasteiger partial charge on any atom is -0.354 e. The van der Waals surface area contributed by atoms with Crippen molar-refractivity contribution >= 4 is 18.1 Å². The summed E-state index contributed by atoms with van der Waals surface area (Å²) in [5.74, 6) is 1.56. The van der Waals surface area contributed by atoms with E-state index in [4.69, 9.17) is 12.2 Å². The maximum absolute atomic E-state index is 12.4. The maximum atomic E-state index is 12.4. The van der Waals surface area contributed by atoms with Gasteiger partial charge in [0.25, 0.3) is 0 Å². The van der Waals surface area contributed by atoms with E-state index in [9.17, 15) is 4.79 Å². The summed E-state index contributed by atoms with van der Waals surface area (Å²) >= 11 is 5.30. The van der Waals surface area contributed by atoms with Crippen molar-refractivity contribution in [2.24, 2.45) is 11.3 Å². The largest absolute Gasteiger partial charge is 0.354 e. The van der Waals surface area contributed by atoms with E-state index in [1.165, 1.54) is 31.2 Å². The number of aromatic nitrogens is 3. The van der Waals surface area contributed by atoms with Gasteiger partial charge in [0, 0.05) is 12.1 Å². The maximum Gasteiger partial charge on any atom is 0.240 e. The van der Waals surface area contributed by atoms with Crippen LogP contribution in [0, 0.1) is 23.0 Å². The molecule has 2 fully saturated rings. The van der Waals surface area contributed by atoms with E-state index < -0.39 is 0 Å². The summed E-state index contributed by atoms with van der Waals surface area (Å²) in [5.41, 5.74) is 2.55. The first-order chi connectivity index (χ1) is 11.6. The van der Waals surface area contributed by atoms with Crippen molar-refractivity contribution in [3.63, 3.8) is 0 Å². The Morgan fingerprint density at radius 1 is 1.38 bits per heavy atom. The number of carbonyl (C=O) groups excluding carboxylic acids is 1. The zero-order valence-corrected chi connectivity index (χ0v) is 14.7. The van der Waals surface area contributed by atoms with Crippen LogP contribution >= 0.6 is 12.2 Å². The van der Waals surface area contributed by atoms with Crippen LogP contribution in [0.4, 0.5) is 0 Å². The molecule has 5 nitrogen and oxygen atoms in total. The first-order valence-corrected chi connectivity index (χ1v) is 8.97. The van der Waals surface area contributed by atoms with Gasteiger partial charge in [-0.1, -0.05) is 29.8 Å². The topological polar surface area (TPSA) is 62.7 Å². The molecule has 1 aromatic heterocycles. The van der Waals surface area contributed by atoms with Crippen LogP contribution in [0.25, 0.3) is 11.4 Å². The Morgan fingerprint density at radius 2 is 2.08 bits per heavy atom. The fourth-order valence-corrected chi connectivity index (χ4v) is 3.64. The Bertz CT molecular complexity index is 812. The van der Waals surface area contributed by atoms with Crippen LogP contribution in [0.15, 0.2) is 24.3 Å². The fourth-order valence-electron chi connectivity index (χ4n) is 3.45. The first kappa shape index (κ1) is 15.6. The second kappa shape index (κ2) is 5.84. The average molecular weight is 342 g/mol. The number of nitrogens with one attached hydrogen (secondary N) is 2. The number of carbonyl (C=O) groups is 1. The van der Waals surface area contributed by atoms with E-state index in [1.54, 1.807) is 4.57 Å². The molecule has 2 aliphatic rings. The molecule has 0 atom stereocenters. The lowest BCUT2D eigenvalue weighted by Crippen LogP contribution is -2.33. The summed E-state index contributed by atoms with van der Waals surface area (Å²) in [6.07, 6.45) is 5.19. The zero-order valence-electron chi connectivity index (χ0n) is 13.8. The lowest BCUT2D eigenvalue weighted by molar-refractivity contribution is -0.122. The van der Waals surface area contributed by atoms with E-state index in [2.05, 4.69) is 15.5 Å². The van der Waals surface area contributed by atoms with Gasteiger partial charge < -0.3 is 5.32 Å². The number of rotatable bonds is 6. The second-order valence-corrected chi connectivity index (χ2v) is 7.60. The Labute approximate surface area is 146 Å². The molecule has 1 amide bonds. The number of nitrogens with zero attached hydrogens (tertiary/aromatic N) is 2. The summed E-state index contributed by atoms with van der Waals surface area (Å²) in [6.45, 7) is 3.06. The lowest BCUT2D eigenvalue weighted by Gasteiger charge is -2.15. The van der Waals surface area contributed by atoms with Crippen molar-refractivity contribution in [1.29, 1.82) is 0 Å². The van der Waals surface area contributed by atoms with Crippen molar-refractivity contribution in [3.8, 4) is 11.4 Å². The van der Waals surface area contributed by atoms with Gasteiger partial charge in [0.15, 0.2) is 10.6 Å². The Kier molecular flexibility index (Phi) is 3.79. The van der Waals surface area contributed by atoms with Gasteiger partial charge in [-0.05, 0) is 56.2 Å². The summed E-state index contributed by atoms with van der Waals surface area (Å²) < 4.78 is 2.25. The van der Waals surface area contributed by atoms with Crippen molar-refractivity contribution < 1.29 is 4.79 Å². The van der Waals surface area contributed by atoms with Gasteiger partial charge in [-0.2, -0.15) is 5.10 Å². The van der Waals surface area contributed by atoms with Crippen LogP contribution in [0.3, 0.4) is 0 Å². The molecule has 6 heteroatoms. The molecule has 2 N–H and O–H groups in total. The molecule has 0 saturated heterocycles. The van der Waals surface area contributed by atoms with E-state index in [-0.39, 0.29) is 12.5 Å². The van der Waals surface area contributed by atoms with Crippen molar-refractivity contribution in [2.45, 2.75) is 39.2 Å². The van der Waals surface area contributed by atoms with Crippen molar-refractivity contribution in [2.75, 3.05) is 6.54 Å². The molecule has 126 valence electrons. The molecule has 2 aromatic rings. The van der Waals surface area contributed by atoms with E-state index in [0.29, 0.717) is 16.0 Å². The summed E-state index contributed by atoms with van der Waals surface area (Å²) in [4.78, 5) is 12.4. The van der Waals surface area contributed by atoms with Crippen LogP contribution in [0.2, 0.25) is 0 Å². The van der Waals surface area contributed by atoms with Crippen LogP contribution in [0.5, 0.6) is 0 Å². The average Bonchev–Trinajstić information content (AvgIpc) is 3.46. The molecule has 1 aromatic carbocycles. The van der Waals surface area contributed by atoms with Gasteiger partial charge in [-0.3, -0.25) is 14.5 Å². The van der Waals surface area contributed by atoms with E-state index in [1.807, 2.05) is 31.2 Å². The van der Waals surface area contributed by atoms with Gasteiger partial charge in [0.1, 0.15) is 6.54 Å². The smallest absolute Gasteiger partial charge is 0.240 e. The molecule has 0 radical (unpaired) electrons. The molecule has 0 unspecified atom stereocenters. The van der Waals surface area contributed by atoms with Gasteiger partial charge >= 0.3 is 0 Å². The number of benzene rings is 1. The third kappa shape index (κ3) is 3.02. The number of H-pyrrole nitrogens is 1. The molecule has 0 aliphatic heterocycles. The highest BCUT2D eigenvalue weighted by Gasteiger charge is 2.53. The minimum atomic E-state index is 0.00721. The molecule has 0 spiro atoms. The fraction of sp³-hybridized carbons (Fsp3) is 0.500. The van der Waals surface area contributed by atoms with Crippen molar-refractivity contribution in [3.05, 3.63) is 34.6 Å². The normalized spacial score (nSPS) is 18.4. The number of amides is 1. The standard InChI is InChI=1S/C18H22N4OS/c1-12-2-4-13(5-3-12)16-20-21-17(24)22(16)10-15(23)19-11-18(8-9-18)14-6-7-14/h2-5,14H,6-11H2,1H3,(H,19,23)(H,21,24). The Morgan fingerprint density at radius 3 is 2.71 bits per heavy atom. The van der Waals surface area contributed by atoms with E-state index >= 15 is 0 Å². The van der Waals surface area contributed by atoms with Crippen molar-refractivity contribution in [1.82, 2.24) is 20.1 Å². The van der Waals surface area contributed by atoms with Crippen LogP contribution in [-0.4, -0.2) is 27.2 Å². The number of aryl methyl sites for hydroxylation is 1. The third-order valence-corrected chi connectivity index (χ3v) is 5.65. The summed E-state index contributed by atoms with van der Waals surface area (Å²) in [7, 11) is 0. The van der Waals surface area contributed by atoms with Gasteiger partial charge in [0.05, 0.1) is 0 Å². The van der Waals surface area contributed by atoms with Crippen LogP contribution in [0.1, 0.15) is 31.2 Å². The Balaban J connectivity index is 1.46. The zero-order chi connectivity index (χ0) is 16.7. The summed E-state index contributed by atoms with van der Waals surface area (Å²) in [6, 6.07) is 8.07. The molecule has 1 heterocycles. The molecule has 4 rings (SSSR count). The third-order valence-electron chi connectivity index (χ3n) is 5.34. The SMILES string of the molecule is Cc1ccc(-c2n[nH]c(=S)n2CC(=O)NCC2(C3CC3)CC2)cc1. The van der Waals surface area contributed by atoms with Gasteiger partial charge in [0.2, 0.25) is 5.91 Å². The first-order valence-electron chi connectivity index (χ1n) is 8.56. The second-order valence-electron chi connectivity index (χ2n) is 7.22. The lowest BCUT2D eigenvalue weighted by atomic mass is 10.0. The molecule has 2 saturated carbocycles. The van der Waals surface area contributed by atoms with E-state index in [0.717, 1.165) is 18.0 Å². The predicted molar refractivity (Wildman–Crippen MR) is 95.0 cm³/mol. The van der Waals surface area contributed by atoms with Crippen LogP contribution < -0.4 is 5.32 Å². The molecular formula is C18H22N4OS.